The molecular formula is C23H27N3O3S. The molecule has 2 fully saturated rings. The van der Waals surface area contributed by atoms with E-state index in [0.717, 1.165) is 47.3 Å². The van der Waals surface area contributed by atoms with Crippen molar-refractivity contribution < 1.29 is 8.42 Å². The highest BCUT2D eigenvalue weighted by molar-refractivity contribution is 7.92. The number of hydrogen-bond donors (Lipinski definition) is 1. The van der Waals surface area contributed by atoms with Gasteiger partial charge >= 0.3 is 0 Å². The summed E-state index contributed by atoms with van der Waals surface area (Å²) in [6.45, 7) is 2.04. The van der Waals surface area contributed by atoms with Gasteiger partial charge in [-0.15, -0.1) is 0 Å². The Kier molecular flexibility index (Phi) is 4.36. The number of piperidine rings is 1. The van der Waals surface area contributed by atoms with E-state index in [-0.39, 0.29) is 5.56 Å². The summed E-state index contributed by atoms with van der Waals surface area (Å²) in [5.41, 5.74) is 5.85. The number of nitrogens with zero attached hydrogens (tertiary/aromatic N) is 2. The molecule has 6 nitrogen and oxygen atoms in total. The van der Waals surface area contributed by atoms with Gasteiger partial charge in [0.25, 0.3) is 5.56 Å². The molecule has 2 aliphatic carbocycles. The van der Waals surface area contributed by atoms with Crippen molar-refractivity contribution >= 4 is 27.5 Å². The van der Waals surface area contributed by atoms with Crippen molar-refractivity contribution in [3.05, 3.63) is 52.0 Å². The van der Waals surface area contributed by atoms with E-state index >= 15 is 0 Å². The summed E-state index contributed by atoms with van der Waals surface area (Å²) in [6.07, 6.45) is 12.8. The van der Waals surface area contributed by atoms with Crippen molar-refractivity contribution in [2.75, 3.05) is 29.0 Å². The lowest BCUT2D eigenvalue weighted by atomic mass is 9.92. The molecule has 2 heterocycles. The third-order valence-electron chi connectivity index (χ3n) is 6.67. The highest BCUT2D eigenvalue weighted by atomic mass is 32.2. The maximum atomic E-state index is 12.6. The monoisotopic (exact) mass is 425 g/mol. The number of pyridine rings is 1. The third kappa shape index (κ3) is 3.45. The first-order chi connectivity index (χ1) is 14.2. The number of allylic oxidation sites excluding steroid dienone is 1. The molecule has 1 aromatic heterocycles. The quantitative estimate of drug-likeness (QED) is 0.815. The summed E-state index contributed by atoms with van der Waals surface area (Å²) in [6, 6.07) is 5.78. The summed E-state index contributed by atoms with van der Waals surface area (Å²) >= 11 is 0. The zero-order valence-corrected chi connectivity index (χ0v) is 18.3. The maximum Gasteiger partial charge on any atom is 0.254 e. The first-order valence-corrected chi connectivity index (χ1v) is 12.4. The highest BCUT2D eigenvalue weighted by Crippen LogP contribution is 2.53. The van der Waals surface area contributed by atoms with Crippen LogP contribution < -0.4 is 15.2 Å². The standard InChI is InChI=1S/C23H27N3O3S/c1-25-14-20(17-5-3-6-18(17)22(25)27)19-13-16(24-30(2,28)29)7-8-21(19)26-12-4-9-23(15-26)10-11-23/h3,5,7-8,13-14,24H,4,6,9-12,15H2,1-2H3. The second-order valence-corrected chi connectivity index (χ2v) is 10.8. The van der Waals surface area contributed by atoms with E-state index in [9.17, 15) is 13.2 Å². The fourth-order valence-electron chi connectivity index (χ4n) is 5.01. The lowest BCUT2D eigenvalue weighted by Gasteiger charge is -2.36. The van der Waals surface area contributed by atoms with Gasteiger partial charge in [-0.3, -0.25) is 9.52 Å². The Hall–Kier alpha value is -2.54. The van der Waals surface area contributed by atoms with Crippen LogP contribution in [0.3, 0.4) is 0 Å². The summed E-state index contributed by atoms with van der Waals surface area (Å²) in [4.78, 5) is 15.1. The number of sulfonamides is 1. The zero-order valence-electron chi connectivity index (χ0n) is 17.4. The van der Waals surface area contributed by atoms with Crippen molar-refractivity contribution in [2.24, 2.45) is 12.5 Å². The van der Waals surface area contributed by atoms with Gasteiger partial charge in [-0.1, -0.05) is 12.2 Å². The minimum atomic E-state index is -3.38. The number of fused-ring (bicyclic) bond motifs is 1. The molecule has 5 rings (SSSR count). The van der Waals surface area contributed by atoms with Gasteiger partial charge in [0.15, 0.2) is 0 Å². The molecular weight excluding hydrogens is 398 g/mol. The van der Waals surface area contributed by atoms with Crippen LogP contribution in [0.4, 0.5) is 11.4 Å². The van der Waals surface area contributed by atoms with Crippen LogP contribution in [0.1, 0.15) is 36.8 Å². The Morgan fingerprint density at radius 1 is 1.13 bits per heavy atom. The molecule has 0 unspecified atom stereocenters. The molecule has 1 saturated heterocycles. The van der Waals surface area contributed by atoms with E-state index in [1.807, 2.05) is 36.5 Å². The van der Waals surface area contributed by atoms with E-state index in [2.05, 4.69) is 9.62 Å². The Morgan fingerprint density at radius 2 is 1.93 bits per heavy atom. The van der Waals surface area contributed by atoms with Crippen molar-refractivity contribution in [3.63, 3.8) is 0 Å². The van der Waals surface area contributed by atoms with Crippen LogP contribution in [0.2, 0.25) is 0 Å². The van der Waals surface area contributed by atoms with Gasteiger partial charge in [0.1, 0.15) is 0 Å². The Bertz CT molecular complexity index is 1220. The summed E-state index contributed by atoms with van der Waals surface area (Å²) in [7, 11) is -1.60. The number of hydrogen-bond acceptors (Lipinski definition) is 4. The fraction of sp³-hybridized carbons (Fsp3) is 0.435. The largest absolute Gasteiger partial charge is 0.370 e. The lowest BCUT2D eigenvalue weighted by molar-refractivity contribution is 0.395. The number of rotatable bonds is 4. The minimum absolute atomic E-state index is 0.0284. The Balaban J connectivity index is 1.68. The minimum Gasteiger partial charge on any atom is -0.370 e. The Morgan fingerprint density at radius 3 is 2.67 bits per heavy atom. The third-order valence-corrected chi connectivity index (χ3v) is 7.28. The van der Waals surface area contributed by atoms with Crippen LogP contribution >= 0.6 is 0 Å². The summed E-state index contributed by atoms with van der Waals surface area (Å²) in [5, 5.41) is 0. The van der Waals surface area contributed by atoms with Crippen molar-refractivity contribution in [2.45, 2.75) is 32.1 Å². The average Bonchev–Trinajstić information content (AvgIpc) is 3.23. The van der Waals surface area contributed by atoms with E-state index in [1.54, 1.807) is 11.6 Å². The second kappa shape index (κ2) is 6.74. The number of anilines is 2. The molecule has 0 atom stereocenters. The van der Waals surface area contributed by atoms with Gasteiger partial charge in [0.2, 0.25) is 10.0 Å². The molecule has 1 N–H and O–H groups in total. The van der Waals surface area contributed by atoms with Crippen LogP contribution in [0.25, 0.3) is 17.2 Å². The molecule has 0 amide bonds. The molecule has 0 bridgehead atoms. The number of benzene rings is 1. The van der Waals surface area contributed by atoms with Gasteiger partial charge in [-0.2, -0.15) is 0 Å². The van der Waals surface area contributed by atoms with E-state index < -0.39 is 10.0 Å². The van der Waals surface area contributed by atoms with Crippen LogP contribution in [0.5, 0.6) is 0 Å². The number of nitrogens with one attached hydrogen (secondary N) is 1. The van der Waals surface area contributed by atoms with Gasteiger partial charge < -0.3 is 9.47 Å². The molecule has 1 spiro atoms. The summed E-state index contributed by atoms with van der Waals surface area (Å²) in [5.74, 6) is 0. The molecule has 1 aliphatic heterocycles. The zero-order chi connectivity index (χ0) is 21.1. The fourth-order valence-corrected chi connectivity index (χ4v) is 5.57. The summed E-state index contributed by atoms with van der Waals surface area (Å²) < 4.78 is 27.9. The molecule has 158 valence electrons. The first-order valence-electron chi connectivity index (χ1n) is 10.5. The molecule has 30 heavy (non-hydrogen) atoms. The topological polar surface area (TPSA) is 71.4 Å². The molecule has 3 aliphatic rings. The molecule has 7 heteroatoms. The predicted molar refractivity (Wildman–Crippen MR) is 121 cm³/mol. The van der Waals surface area contributed by atoms with Crippen LogP contribution in [0.15, 0.2) is 35.3 Å². The van der Waals surface area contributed by atoms with Crippen LogP contribution in [-0.2, 0) is 23.5 Å². The predicted octanol–water partition coefficient (Wildman–Crippen LogP) is 3.37. The second-order valence-electron chi connectivity index (χ2n) is 9.09. The van der Waals surface area contributed by atoms with E-state index in [1.165, 1.54) is 25.7 Å². The molecule has 1 saturated carbocycles. The highest BCUT2D eigenvalue weighted by Gasteiger charge is 2.45. The molecule has 0 radical (unpaired) electrons. The van der Waals surface area contributed by atoms with Crippen molar-refractivity contribution in [1.29, 1.82) is 0 Å². The molecule has 2 aromatic rings. The molecule has 1 aromatic carbocycles. The normalized spacial score (nSPS) is 19.2. The first kappa shape index (κ1) is 19.4. The Labute approximate surface area is 177 Å². The van der Waals surface area contributed by atoms with Crippen molar-refractivity contribution in [1.82, 2.24) is 4.57 Å². The van der Waals surface area contributed by atoms with Gasteiger partial charge in [-0.05, 0) is 61.3 Å². The smallest absolute Gasteiger partial charge is 0.254 e. The number of aromatic nitrogens is 1. The average molecular weight is 426 g/mol. The van der Waals surface area contributed by atoms with Crippen molar-refractivity contribution in [3.8, 4) is 11.1 Å². The SMILES string of the molecule is Cn1cc(-c2cc(NS(C)(=O)=O)ccc2N2CCCC3(CC3)C2)c2c(c1=O)CC=C2. The van der Waals surface area contributed by atoms with Gasteiger partial charge in [0.05, 0.1) is 6.26 Å². The van der Waals surface area contributed by atoms with Gasteiger partial charge in [-0.25, -0.2) is 8.42 Å². The number of aryl methyl sites for hydroxylation is 1. The maximum absolute atomic E-state index is 12.6. The van der Waals surface area contributed by atoms with E-state index in [0.29, 0.717) is 17.5 Å². The van der Waals surface area contributed by atoms with Crippen LogP contribution in [0, 0.1) is 5.41 Å². The van der Waals surface area contributed by atoms with E-state index in [4.69, 9.17) is 0 Å². The lowest BCUT2D eigenvalue weighted by Crippen LogP contribution is -2.36. The van der Waals surface area contributed by atoms with Crippen LogP contribution in [-0.4, -0.2) is 32.3 Å². The van der Waals surface area contributed by atoms with Gasteiger partial charge in [0, 0.05) is 54.4 Å².